The van der Waals surface area contributed by atoms with Crippen molar-refractivity contribution in [2.24, 2.45) is 0 Å². The zero-order chi connectivity index (χ0) is 13.1. The van der Waals surface area contributed by atoms with Gasteiger partial charge in [0.15, 0.2) is 5.75 Å². The van der Waals surface area contributed by atoms with Crippen molar-refractivity contribution in [1.82, 2.24) is 9.78 Å². The van der Waals surface area contributed by atoms with Crippen molar-refractivity contribution in [1.29, 1.82) is 5.26 Å². The van der Waals surface area contributed by atoms with Crippen LogP contribution >= 0.6 is 0 Å². The number of hydrogen-bond donors (Lipinski definition) is 1. The second-order valence-corrected chi connectivity index (χ2v) is 4.14. The highest BCUT2D eigenvalue weighted by Crippen LogP contribution is 2.22. The summed E-state index contributed by atoms with van der Waals surface area (Å²) in [6, 6.07) is 7.30. The number of nitriles is 1. The first-order valence-electron chi connectivity index (χ1n) is 5.62. The third kappa shape index (κ3) is 2.28. The first-order chi connectivity index (χ1) is 8.61. The van der Waals surface area contributed by atoms with Crippen LogP contribution < -0.4 is 10.5 Å². The molecule has 18 heavy (non-hydrogen) atoms. The molecule has 92 valence electrons. The van der Waals surface area contributed by atoms with Crippen LogP contribution in [0.2, 0.25) is 0 Å². The summed E-state index contributed by atoms with van der Waals surface area (Å²) >= 11 is 0. The summed E-state index contributed by atoms with van der Waals surface area (Å²) < 4.78 is 7.13. The maximum absolute atomic E-state index is 8.93. The van der Waals surface area contributed by atoms with Crippen molar-refractivity contribution in [3.05, 3.63) is 36.2 Å². The Labute approximate surface area is 105 Å². The summed E-state index contributed by atoms with van der Waals surface area (Å²) in [5, 5.41) is 13.1. The standard InChI is InChI=1S/C13H14N4O/c1-9(2)18-11-7-16-17(8-11)12-5-3-4-10(6-14)13(12)15/h3-5,7-9H,15H2,1-2H3. The molecular formula is C13H14N4O. The Balaban J connectivity index is 2.38. The number of ether oxygens (including phenoxy) is 1. The molecule has 0 amide bonds. The minimum Gasteiger partial charge on any atom is -0.488 e. The minimum absolute atomic E-state index is 0.0884. The van der Waals surface area contributed by atoms with E-state index in [4.69, 9.17) is 15.7 Å². The van der Waals surface area contributed by atoms with E-state index in [1.165, 1.54) is 0 Å². The van der Waals surface area contributed by atoms with Gasteiger partial charge in [0, 0.05) is 0 Å². The number of hydrogen-bond acceptors (Lipinski definition) is 4. The SMILES string of the molecule is CC(C)Oc1cnn(-c2cccc(C#N)c2N)c1. The maximum atomic E-state index is 8.93. The van der Waals surface area contributed by atoms with Crippen LogP contribution in [0.1, 0.15) is 19.4 Å². The van der Waals surface area contributed by atoms with Gasteiger partial charge in [0.05, 0.1) is 35.4 Å². The van der Waals surface area contributed by atoms with Gasteiger partial charge in [0.1, 0.15) is 6.07 Å². The molecule has 0 atom stereocenters. The average Bonchev–Trinajstić information content (AvgIpc) is 2.76. The van der Waals surface area contributed by atoms with Crippen LogP contribution in [-0.4, -0.2) is 15.9 Å². The highest BCUT2D eigenvalue weighted by Gasteiger charge is 2.09. The van der Waals surface area contributed by atoms with Gasteiger partial charge in [0.25, 0.3) is 0 Å². The van der Waals surface area contributed by atoms with Crippen LogP contribution in [-0.2, 0) is 0 Å². The Morgan fingerprint density at radius 2 is 2.22 bits per heavy atom. The Kier molecular flexibility index (Phi) is 3.20. The smallest absolute Gasteiger partial charge is 0.158 e. The third-order valence-corrected chi connectivity index (χ3v) is 2.38. The molecule has 0 bridgehead atoms. The van der Waals surface area contributed by atoms with E-state index >= 15 is 0 Å². The van der Waals surface area contributed by atoms with E-state index in [1.54, 1.807) is 29.2 Å². The lowest BCUT2D eigenvalue weighted by atomic mass is 10.1. The normalized spacial score (nSPS) is 10.3. The number of anilines is 1. The second kappa shape index (κ2) is 4.80. The van der Waals surface area contributed by atoms with E-state index in [9.17, 15) is 0 Å². The molecule has 0 aliphatic carbocycles. The number of nitrogen functional groups attached to an aromatic ring is 1. The van der Waals surface area contributed by atoms with Gasteiger partial charge in [-0.1, -0.05) is 6.07 Å². The van der Waals surface area contributed by atoms with E-state index in [1.807, 2.05) is 26.0 Å². The van der Waals surface area contributed by atoms with Crippen molar-refractivity contribution in [3.63, 3.8) is 0 Å². The summed E-state index contributed by atoms with van der Waals surface area (Å²) in [5.41, 5.74) is 7.44. The number of benzene rings is 1. The molecule has 0 radical (unpaired) electrons. The largest absolute Gasteiger partial charge is 0.488 e. The Hall–Kier alpha value is -2.48. The van der Waals surface area contributed by atoms with Crippen molar-refractivity contribution in [2.75, 3.05) is 5.73 Å². The highest BCUT2D eigenvalue weighted by molar-refractivity contribution is 5.66. The Bertz CT molecular complexity index is 595. The van der Waals surface area contributed by atoms with Gasteiger partial charge in [-0.05, 0) is 26.0 Å². The van der Waals surface area contributed by atoms with Crippen molar-refractivity contribution >= 4 is 5.69 Å². The van der Waals surface area contributed by atoms with Gasteiger partial charge in [-0.25, -0.2) is 4.68 Å². The number of para-hydroxylation sites is 1. The highest BCUT2D eigenvalue weighted by atomic mass is 16.5. The fourth-order valence-corrected chi connectivity index (χ4v) is 1.62. The van der Waals surface area contributed by atoms with Crippen LogP contribution in [0.5, 0.6) is 5.75 Å². The molecule has 1 aromatic heterocycles. The van der Waals surface area contributed by atoms with E-state index < -0.39 is 0 Å². The fourth-order valence-electron chi connectivity index (χ4n) is 1.62. The molecule has 2 rings (SSSR count). The predicted molar refractivity (Wildman–Crippen MR) is 68.5 cm³/mol. The molecule has 0 unspecified atom stereocenters. The molecule has 5 nitrogen and oxygen atoms in total. The first kappa shape index (κ1) is 12.0. The number of nitrogens with two attached hydrogens (primary N) is 1. The third-order valence-electron chi connectivity index (χ3n) is 2.38. The number of nitrogens with zero attached hydrogens (tertiary/aromatic N) is 3. The molecule has 2 aromatic rings. The van der Waals surface area contributed by atoms with Gasteiger partial charge in [-0.15, -0.1) is 0 Å². The molecule has 2 N–H and O–H groups in total. The maximum Gasteiger partial charge on any atom is 0.158 e. The Morgan fingerprint density at radius 3 is 2.89 bits per heavy atom. The molecule has 0 aliphatic rings. The topological polar surface area (TPSA) is 76.9 Å². The van der Waals surface area contributed by atoms with Gasteiger partial charge in [0.2, 0.25) is 0 Å². The summed E-state index contributed by atoms with van der Waals surface area (Å²) in [7, 11) is 0. The van der Waals surface area contributed by atoms with Gasteiger partial charge >= 0.3 is 0 Å². The first-order valence-corrected chi connectivity index (χ1v) is 5.62. The van der Waals surface area contributed by atoms with E-state index in [2.05, 4.69) is 5.10 Å². The van der Waals surface area contributed by atoms with Crippen LogP contribution in [0.4, 0.5) is 5.69 Å². The lowest BCUT2D eigenvalue weighted by Gasteiger charge is -2.07. The lowest BCUT2D eigenvalue weighted by molar-refractivity contribution is 0.242. The summed E-state index contributed by atoms with van der Waals surface area (Å²) in [5.74, 6) is 0.673. The second-order valence-electron chi connectivity index (χ2n) is 4.14. The van der Waals surface area contributed by atoms with Crippen molar-refractivity contribution < 1.29 is 4.74 Å². The van der Waals surface area contributed by atoms with Crippen LogP contribution in [0, 0.1) is 11.3 Å². The van der Waals surface area contributed by atoms with Gasteiger partial charge in [-0.2, -0.15) is 10.4 Å². The average molecular weight is 242 g/mol. The monoisotopic (exact) mass is 242 g/mol. The van der Waals surface area contributed by atoms with E-state index in [0.717, 1.165) is 0 Å². The van der Waals surface area contributed by atoms with Gasteiger partial charge < -0.3 is 10.5 Å². The molecule has 0 spiro atoms. The summed E-state index contributed by atoms with van der Waals surface area (Å²) in [4.78, 5) is 0. The minimum atomic E-state index is 0.0884. The van der Waals surface area contributed by atoms with Crippen LogP contribution in [0.25, 0.3) is 5.69 Å². The van der Waals surface area contributed by atoms with Crippen LogP contribution in [0.3, 0.4) is 0 Å². The van der Waals surface area contributed by atoms with Crippen molar-refractivity contribution in [2.45, 2.75) is 20.0 Å². The Morgan fingerprint density at radius 1 is 1.44 bits per heavy atom. The molecule has 0 fully saturated rings. The van der Waals surface area contributed by atoms with E-state index in [0.29, 0.717) is 22.7 Å². The quantitative estimate of drug-likeness (QED) is 0.836. The molecule has 0 aliphatic heterocycles. The molecule has 5 heteroatoms. The van der Waals surface area contributed by atoms with Crippen molar-refractivity contribution in [3.8, 4) is 17.5 Å². The zero-order valence-corrected chi connectivity index (χ0v) is 10.3. The molecule has 1 aromatic carbocycles. The van der Waals surface area contributed by atoms with Gasteiger partial charge in [-0.3, -0.25) is 0 Å². The van der Waals surface area contributed by atoms with E-state index in [-0.39, 0.29) is 6.10 Å². The lowest BCUT2D eigenvalue weighted by Crippen LogP contribution is -2.05. The molecular weight excluding hydrogens is 228 g/mol. The predicted octanol–water partition coefficient (Wildman–Crippen LogP) is 2.11. The molecule has 1 heterocycles. The zero-order valence-electron chi connectivity index (χ0n) is 10.3. The summed E-state index contributed by atoms with van der Waals surface area (Å²) in [6.45, 7) is 3.89. The number of aromatic nitrogens is 2. The number of rotatable bonds is 3. The molecule has 0 saturated heterocycles. The summed E-state index contributed by atoms with van der Waals surface area (Å²) in [6.07, 6.45) is 3.45. The fraction of sp³-hybridized carbons (Fsp3) is 0.231. The van der Waals surface area contributed by atoms with Crippen LogP contribution in [0.15, 0.2) is 30.6 Å². The molecule has 0 saturated carbocycles.